The highest BCUT2D eigenvalue weighted by Gasteiger charge is 2.32. The summed E-state index contributed by atoms with van der Waals surface area (Å²) in [5, 5.41) is 12.6. The third-order valence-corrected chi connectivity index (χ3v) is 5.13. The van der Waals surface area contributed by atoms with E-state index in [9.17, 15) is 13.7 Å². The lowest BCUT2D eigenvalue weighted by Crippen LogP contribution is -2.31. The van der Waals surface area contributed by atoms with Crippen LogP contribution >= 0.6 is 0 Å². The quantitative estimate of drug-likeness (QED) is 0.812. The Morgan fingerprint density at radius 1 is 1.48 bits per heavy atom. The van der Waals surface area contributed by atoms with Gasteiger partial charge in [0.15, 0.2) is 0 Å². The standard InChI is InChI=1S/C16H24N4O2S/c1-3-5-14-11-20(8-9-23(2,21)22)12-15(14)19-16-13(10-17)6-4-7-18-16/h4,6-7,14-15H,3,5,8-9,11-12H2,1-2H3,(H,18,19)/t14-,15-/m0/s1. The van der Waals surface area contributed by atoms with Gasteiger partial charge in [-0.05, 0) is 24.5 Å². The first-order valence-electron chi connectivity index (χ1n) is 7.94. The van der Waals surface area contributed by atoms with Crippen LogP contribution in [0, 0.1) is 17.2 Å². The van der Waals surface area contributed by atoms with E-state index in [1.165, 1.54) is 6.26 Å². The molecule has 126 valence electrons. The number of nitrogens with zero attached hydrogens (tertiary/aromatic N) is 3. The second kappa shape index (κ2) is 7.75. The molecule has 23 heavy (non-hydrogen) atoms. The molecule has 1 aromatic rings. The molecular weight excluding hydrogens is 312 g/mol. The third-order valence-electron chi connectivity index (χ3n) is 4.20. The van der Waals surface area contributed by atoms with Gasteiger partial charge in [0.2, 0.25) is 0 Å². The zero-order valence-corrected chi connectivity index (χ0v) is 14.5. The maximum Gasteiger partial charge on any atom is 0.148 e. The summed E-state index contributed by atoms with van der Waals surface area (Å²) in [6.07, 6.45) is 5.10. The van der Waals surface area contributed by atoms with Crippen molar-refractivity contribution in [3.8, 4) is 6.07 Å². The fourth-order valence-electron chi connectivity index (χ4n) is 3.05. The van der Waals surface area contributed by atoms with Crippen LogP contribution in [0.4, 0.5) is 5.82 Å². The van der Waals surface area contributed by atoms with Crippen LogP contribution in [0.3, 0.4) is 0 Å². The van der Waals surface area contributed by atoms with E-state index < -0.39 is 9.84 Å². The number of likely N-dealkylation sites (tertiary alicyclic amines) is 1. The third kappa shape index (κ3) is 5.19. The number of aromatic nitrogens is 1. The van der Waals surface area contributed by atoms with Crippen LogP contribution < -0.4 is 5.32 Å². The summed E-state index contributed by atoms with van der Waals surface area (Å²) in [4.78, 5) is 6.46. The van der Waals surface area contributed by atoms with Crippen LogP contribution in [0.5, 0.6) is 0 Å². The summed E-state index contributed by atoms with van der Waals surface area (Å²) >= 11 is 0. The molecule has 1 aliphatic rings. The maximum absolute atomic E-state index is 11.4. The first kappa shape index (κ1) is 17.7. The lowest BCUT2D eigenvalue weighted by molar-refractivity contribution is 0.338. The molecule has 0 unspecified atom stereocenters. The number of pyridine rings is 1. The number of anilines is 1. The van der Waals surface area contributed by atoms with E-state index in [0.29, 0.717) is 23.8 Å². The number of nitrogens with one attached hydrogen (secondary N) is 1. The Hall–Kier alpha value is -1.65. The van der Waals surface area contributed by atoms with Crippen molar-refractivity contribution in [2.75, 3.05) is 37.0 Å². The minimum absolute atomic E-state index is 0.186. The van der Waals surface area contributed by atoms with Gasteiger partial charge in [-0.15, -0.1) is 0 Å². The molecule has 1 fully saturated rings. The predicted molar refractivity (Wildman–Crippen MR) is 90.9 cm³/mol. The predicted octanol–water partition coefficient (Wildman–Crippen LogP) is 1.51. The molecule has 0 aromatic carbocycles. The first-order valence-corrected chi connectivity index (χ1v) is 10.0. The van der Waals surface area contributed by atoms with Gasteiger partial charge < -0.3 is 5.32 Å². The Labute approximate surface area is 138 Å². The molecule has 0 spiro atoms. The first-order chi connectivity index (χ1) is 10.9. The summed E-state index contributed by atoms with van der Waals surface area (Å²) in [6.45, 7) is 4.37. The molecule has 0 saturated carbocycles. The van der Waals surface area contributed by atoms with Crippen LogP contribution in [0.15, 0.2) is 18.3 Å². The van der Waals surface area contributed by atoms with Crippen LogP contribution in [-0.4, -0.2) is 56.0 Å². The topological polar surface area (TPSA) is 86.1 Å². The van der Waals surface area contributed by atoms with Gasteiger partial charge in [-0.2, -0.15) is 5.26 Å². The molecule has 1 N–H and O–H groups in total. The maximum atomic E-state index is 11.4. The van der Waals surface area contributed by atoms with Crippen LogP contribution in [0.2, 0.25) is 0 Å². The molecule has 0 radical (unpaired) electrons. The SMILES string of the molecule is CCC[C@H]1CN(CCS(C)(=O)=O)C[C@@H]1Nc1ncccc1C#N. The van der Waals surface area contributed by atoms with Gasteiger partial charge in [0.1, 0.15) is 21.7 Å². The Morgan fingerprint density at radius 2 is 2.26 bits per heavy atom. The molecule has 2 rings (SSSR count). The van der Waals surface area contributed by atoms with Crippen LogP contribution in [0.25, 0.3) is 0 Å². The highest BCUT2D eigenvalue weighted by molar-refractivity contribution is 7.90. The van der Waals surface area contributed by atoms with E-state index in [0.717, 1.165) is 25.9 Å². The van der Waals surface area contributed by atoms with E-state index in [2.05, 4.69) is 28.2 Å². The van der Waals surface area contributed by atoms with Gasteiger partial charge >= 0.3 is 0 Å². The van der Waals surface area contributed by atoms with Crippen molar-refractivity contribution >= 4 is 15.7 Å². The van der Waals surface area contributed by atoms with Crippen molar-refractivity contribution in [2.24, 2.45) is 5.92 Å². The van der Waals surface area contributed by atoms with Crippen molar-refractivity contribution in [2.45, 2.75) is 25.8 Å². The molecule has 7 heteroatoms. The van der Waals surface area contributed by atoms with Gasteiger partial charge in [-0.25, -0.2) is 13.4 Å². The Bertz CT molecular complexity index is 669. The number of hydrogen-bond donors (Lipinski definition) is 1. The summed E-state index contributed by atoms with van der Waals surface area (Å²) in [6, 6.07) is 5.85. The van der Waals surface area contributed by atoms with E-state index in [4.69, 9.17) is 0 Å². The fourth-order valence-corrected chi connectivity index (χ4v) is 3.64. The molecular formula is C16H24N4O2S. The van der Waals surface area contributed by atoms with E-state index in [-0.39, 0.29) is 11.8 Å². The van der Waals surface area contributed by atoms with Crippen LogP contribution in [0.1, 0.15) is 25.3 Å². The minimum Gasteiger partial charge on any atom is -0.365 e. The molecule has 1 aromatic heterocycles. The smallest absolute Gasteiger partial charge is 0.148 e. The summed E-state index contributed by atoms with van der Waals surface area (Å²) in [5.74, 6) is 1.24. The fraction of sp³-hybridized carbons (Fsp3) is 0.625. The van der Waals surface area contributed by atoms with Crippen LogP contribution in [-0.2, 0) is 9.84 Å². The molecule has 0 amide bonds. The van der Waals surface area contributed by atoms with Crippen molar-refractivity contribution in [1.82, 2.24) is 9.88 Å². The van der Waals surface area contributed by atoms with Crippen molar-refractivity contribution in [3.05, 3.63) is 23.9 Å². The van der Waals surface area contributed by atoms with E-state index >= 15 is 0 Å². The minimum atomic E-state index is -2.95. The monoisotopic (exact) mass is 336 g/mol. The molecule has 2 atom stereocenters. The molecule has 0 bridgehead atoms. The molecule has 1 aliphatic heterocycles. The summed E-state index contributed by atoms with van der Waals surface area (Å²) in [7, 11) is -2.95. The molecule has 1 saturated heterocycles. The largest absolute Gasteiger partial charge is 0.365 e. The van der Waals surface area contributed by atoms with E-state index in [1.807, 2.05) is 0 Å². The van der Waals surface area contributed by atoms with Gasteiger partial charge in [0.05, 0.1) is 11.3 Å². The lowest BCUT2D eigenvalue weighted by atomic mass is 9.98. The highest BCUT2D eigenvalue weighted by Crippen LogP contribution is 2.25. The number of nitriles is 1. The van der Waals surface area contributed by atoms with Crippen molar-refractivity contribution < 1.29 is 8.42 Å². The number of hydrogen-bond acceptors (Lipinski definition) is 6. The number of sulfone groups is 1. The van der Waals surface area contributed by atoms with E-state index in [1.54, 1.807) is 18.3 Å². The average Bonchev–Trinajstić information content (AvgIpc) is 2.88. The molecule has 2 heterocycles. The zero-order chi connectivity index (χ0) is 16.9. The molecule has 0 aliphatic carbocycles. The second-order valence-corrected chi connectivity index (χ2v) is 8.46. The Balaban J connectivity index is 2.05. The van der Waals surface area contributed by atoms with Gasteiger partial charge in [0.25, 0.3) is 0 Å². The highest BCUT2D eigenvalue weighted by atomic mass is 32.2. The second-order valence-electron chi connectivity index (χ2n) is 6.20. The van der Waals surface area contributed by atoms with Gasteiger partial charge in [-0.3, -0.25) is 4.90 Å². The number of rotatable bonds is 7. The average molecular weight is 336 g/mol. The van der Waals surface area contributed by atoms with Crippen molar-refractivity contribution in [3.63, 3.8) is 0 Å². The molecule has 6 nitrogen and oxygen atoms in total. The Morgan fingerprint density at radius 3 is 2.91 bits per heavy atom. The normalized spacial score (nSPS) is 22.0. The summed E-state index contributed by atoms with van der Waals surface area (Å²) in [5.41, 5.74) is 0.539. The summed E-state index contributed by atoms with van der Waals surface area (Å²) < 4.78 is 22.7. The zero-order valence-electron chi connectivity index (χ0n) is 13.7. The van der Waals surface area contributed by atoms with Crippen molar-refractivity contribution in [1.29, 1.82) is 5.26 Å². The lowest BCUT2D eigenvalue weighted by Gasteiger charge is -2.20. The Kier molecular flexibility index (Phi) is 5.97. The van der Waals surface area contributed by atoms with Gasteiger partial charge in [-0.1, -0.05) is 13.3 Å². The van der Waals surface area contributed by atoms with Gasteiger partial charge in [0, 0.05) is 38.1 Å².